The zero-order valence-electron chi connectivity index (χ0n) is 6.62. The Morgan fingerprint density at radius 2 is 1.25 bits per heavy atom. The van der Waals surface area contributed by atoms with Crippen molar-refractivity contribution >= 4 is 0 Å². The molecule has 0 aromatic carbocycles. The van der Waals surface area contributed by atoms with Crippen LogP contribution < -0.4 is 11.5 Å². The molecule has 0 aliphatic carbocycles. The van der Waals surface area contributed by atoms with Crippen molar-refractivity contribution in [3.63, 3.8) is 0 Å². The lowest BCUT2D eigenvalue weighted by molar-refractivity contribution is 0.762. The molecule has 2 nitrogen and oxygen atoms in total. The van der Waals surface area contributed by atoms with E-state index in [0.29, 0.717) is 0 Å². The molecular weight excluding hydrogens is 100 g/mol. The van der Waals surface area contributed by atoms with Crippen molar-refractivity contribution in [2.24, 2.45) is 0 Å². The van der Waals surface area contributed by atoms with Crippen molar-refractivity contribution in [1.82, 2.24) is 11.5 Å². The topological polar surface area (TPSA) is 47.0 Å². The lowest BCUT2D eigenvalue weighted by Crippen LogP contribution is -2.09. The molecule has 4 N–H and O–H groups in total. The van der Waals surface area contributed by atoms with Crippen LogP contribution in [-0.2, 0) is 0 Å². The fraction of sp³-hybridized carbons (Fsp3) is 1.00. The van der Waals surface area contributed by atoms with E-state index in [9.17, 15) is 0 Å². The summed E-state index contributed by atoms with van der Waals surface area (Å²) in [6.07, 6.45) is 0. The first kappa shape index (κ1) is 15.7. The molecule has 8 heavy (non-hydrogen) atoms. The summed E-state index contributed by atoms with van der Waals surface area (Å²) in [5, 5.41) is 3.11. The molecule has 0 aliphatic heterocycles. The lowest BCUT2D eigenvalue weighted by atomic mass is 10.7. The highest BCUT2D eigenvalue weighted by Crippen LogP contribution is 1.47. The fourth-order valence-electron chi connectivity index (χ4n) is 0.250. The second kappa shape index (κ2) is 28.4. The van der Waals surface area contributed by atoms with Crippen molar-refractivity contribution < 1.29 is 0 Å². The van der Waals surface area contributed by atoms with E-state index in [1.807, 2.05) is 13.8 Å². The standard InChI is InChI=1S/C4H11N.C2H6.H3N/c1-3-5-4-2;1-2;/h5H,3-4H2,1-2H3;1-2H3;1H3. The molecule has 0 aromatic heterocycles. The highest BCUT2D eigenvalue weighted by molar-refractivity contribution is 4.27. The zero-order chi connectivity index (χ0) is 6.12. The van der Waals surface area contributed by atoms with Crippen LogP contribution in [0, 0.1) is 0 Å². The maximum absolute atomic E-state index is 3.11. The summed E-state index contributed by atoms with van der Waals surface area (Å²) < 4.78 is 0. The Bertz CT molecular complexity index is 14.0. The third-order valence-electron chi connectivity index (χ3n) is 0.500. The smallest absolute Gasteiger partial charge is 0.00775 e. The Kier molecular flexibility index (Phi) is 55.7. The maximum Gasteiger partial charge on any atom is -0.00775 e. The minimum atomic E-state index is 0. The van der Waals surface area contributed by atoms with Crippen molar-refractivity contribution in [2.75, 3.05) is 13.1 Å². The number of hydrogen-bond acceptors (Lipinski definition) is 2. The molecule has 0 aromatic rings. The van der Waals surface area contributed by atoms with Crippen LogP contribution in [0.5, 0.6) is 0 Å². The van der Waals surface area contributed by atoms with Crippen LogP contribution in [0.2, 0.25) is 0 Å². The monoisotopic (exact) mass is 120 g/mol. The molecule has 0 amide bonds. The predicted octanol–water partition coefficient (Wildman–Crippen LogP) is 1.80. The van der Waals surface area contributed by atoms with Crippen LogP contribution in [0.25, 0.3) is 0 Å². The number of nitrogens with one attached hydrogen (secondary N) is 1. The van der Waals surface area contributed by atoms with E-state index >= 15 is 0 Å². The van der Waals surface area contributed by atoms with Crippen LogP contribution in [0.3, 0.4) is 0 Å². The molecule has 0 bridgehead atoms. The second-order valence-electron chi connectivity index (χ2n) is 0.957. The van der Waals surface area contributed by atoms with Crippen LogP contribution in [0.1, 0.15) is 27.7 Å². The van der Waals surface area contributed by atoms with E-state index in [-0.39, 0.29) is 6.15 Å². The van der Waals surface area contributed by atoms with E-state index < -0.39 is 0 Å². The molecule has 0 saturated heterocycles. The van der Waals surface area contributed by atoms with Gasteiger partial charge in [0.05, 0.1) is 0 Å². The molecule has 0 rings (SSSR count). The van der Waals surface area contributed by atoms with Gasteiger partial charge in [-0.3, -0.25) is 0 Å². The highest BCUT2D eigenvalue weighted by atomic mass is 14.8. The molecule has 0 radical (unpaired) electrons. The van der Waals surface area contributed by atoms with Crippen LogP contribution in [0.15, 0.2) is 0 Å². The first-order chi connectivity index (χ1) is 3.41. The molecule has 0 spiro atoms. The molecule has 54 valence electrons. The SMILES string of the molecule is CC.CCNCC.N. The van der Waals surface area contributed by atoms with Gasteiger partial charge in [-0.05, 0) is 13.1 Å². The Morgan fingerprint density at radius 1 is 1.00 bits per heavy atom. The summed E-state index contributed by atoms with van der Waals surface area (Å²) in [7, 11) is 0. The average Bonchev–Trinajstić information content (AvgIpc) is 1.75. The van der Waals surface area contributed by atoms with Crippen molar-refractivity contribution in [2.45, 2.75) is 27.7 Å². The van der Waals surface area contributed by atoms with E-state index in [0.717, 1.165) is 13.1 Å². The van der Waals surface area contributed by atoms with E-state index in [1.54, 1.807) is 0 Å². The Balaban J connectivity index is -0.0000000750. The van der Waals surface area contributed by atoms with Gasteiger partial charge in [0.15, 0.2) is 0 Å². The third-order valence-corrected chi connectivity index (χ3v) is 0.500. The first-order valence-corrected chi connectivity index (χ1v) is 3.12. The van der Waals surface area contributed by atoms with E-state index in [2.05, 4.69) is 19.2 Å². The quantitative estimate of drug-likeness (QED) is 0.583. The molecule has 0 aliphatic rings. The summed E-state index contributed by atoms with van der Waals surface area (Å²) in [4.78, 5) is 0. The van der Waals surface area contributed by atoms with Crippen molar-refractivity contribution in [3.8, 4) is 0 Å². The molecule has 0 atom stereocenters. The fourth-order valence-corrected chi connectivity index (χ4v) is 0.250. The van der Waals surface area contributed by atoms with Gasteiger partial charge in [-0.1, -0.05) is 27.7 Å². The minimum absolute atomic E-state index is 0. The lowest BCUT2D eigenvalue weighted by Gasteiger charge is -1.86. The van der Waals surface area contributed by atoms with E-state index in [4.69, 9.17) is 0 Å². The third kappa shape index (κ3) is 38.9. The molecular formula is C6H20N2. The van der Waals surface area contributed by atoms with Gasteiger partial charge in [0, 0.05) is 0 Å². The highest BCUT2D eigenvalue weighted by Gasteiger charge is 1.62. The molecule has 0 fully saturated rings. The normalized spacial score (nSPS) is 6.00. The zero-order valence-corrected chi connectivity index (χ0v) is 6.62. The largest absolute Gasteiger partial charge is 0.344 e. The molecule has 2 heteroatoms. The predicted molar refractivity (Wildman–Crippen MR) is 40.6 cm³/mol. The van der Waals surface area contributed by atoms with Gasteiger partial charge in [0.2, 0.25) is 0 Å². The van der Waals surface area contributed by atoms with Crippen LogP contribution >= 0.6 is 0 Å². The average molecular weight is 120 g/mol. The van der Waals surface area contributed by atoms with Gasteiger partial charge in [-0.2, -0.15) is 0 Å². The first-order valence-electron chi connectivity index (χ1n) is 3.12. The maximum atomic E-state index is 3.11. The van der Waals surface area contributed by atoms with Gasteiger partial charge < -0.3 is 11.5 Å². The van der Waals surface area contributed by atoms with Gasteiger partial charge in [0.25, 0.3) is 0 Å². The van der Waals surface area contributed by atoms with Gasteiger partial charge in [0.1, 0.15) is 0 Å². The Labute approximate surface area is 53.3 Å². The summed E-state index contributed by atoms with van der Waals surface area (Å²) in [6, 6.07) is 0. The second-order valence-corrected chi connectivity index (χ2v) is 0.957. The molecule has 0 saturated carbocycles. The van der Waals surface area contributed by atoms with Gasteiger partial charge in [-0.15, -0.1) is 0 Å². The van der Waals surface area contributed by atoms with Crippen LogP contribution in [0.4, 0.5) is 0 Å². The van der Waals surface area contributed by atoms with Crippen molar-refractivity contribution in [3.05, 3.63) is 0 Å². The summed E-state index contributed by atoms with van der Waals surface area (Å²) >= 11 is 0. The van der Waals surface area contributed by atoms with Crippen LogP contribution in [-0.4, -0.2) is 13.1 Å². The molecule has 0 unspecified atom stereocenters. The summed E-state index contributed by atoms with van der Waals surface area (Å²) in [5.41, 5.74) is 0. The van der Waals surface area contributed by atoms with Gasteiger partial charge >= 0.3 is 0 Å². The van der Waals surface area contributed by atoms with Gasteiger partial charge in [-0.25, -0.2) is 0 Å². The Hall–Kier alpha value is -0.0800. The van der Waals surface area contributed by atoms with Crippen molar-refractivity contribution in [1.29, 1.82) is 0 Å². The number of rotatable bonds is 2. The number of hydrogen-bond donors (Lipinski definition) is 2. The molecule has 0 heterocycles. The summed E-state index contributed by atoms with van der Waals surface area (Å²) in [6.45, 7) is 10.4. The Morgan fingerprint density at radius 3 is 1.25 bits per heavy atom. The minimum Gasteiger partial charge on any atom is -0.344 e. The van der Waals surface area contributed by atoms with E-state index in [1.165, 1.54) is 0 Å². The summed E-state index contributed by atoms with van der Waals surface area (Å²) in [5.74, 6) is 0.